The Morgan fingerprint density at radius 3 is 2.28 bits per heavy atom. The normalized spacial score (nSPS) is 11.0. The van der Waals surface area contributed by atoms with Crippen LogP contribution >= 0.6 is 0 Å². The minimum atomic E-state index is -0.322. The molecular weight excluding hydrogens is 314 g/mol. The van der Waals surface area contributed by atoms with E-state index in [9.17, 15) is 9.59 Å². The van der Waals surface area contributed by atoms with Gasteiger partial charge in [-0.3, -0.25) is 9.59 Å². The number of carbonyl (C=O) groups is 2. The second-order valence-electron chi connectivity index (χ2n) is 7.01. The lowest BCUT2D eigenvalue weighted by atomic mass is 10.0. The van der Waals surface area contributed by atoms with Crippen LogP contribution in [0.1, 0.15) is 43.6 Å². The number of benzene rings is 2. The highest BCUT2D eigenvalue weighted by Crippen LogP contribution is 2.19. The van der Waals surface area contributed by atoms with Crippen molar-refractivity contribution in [2.75, 3.05) is 6.61 Å². The van der Waals surface area contributed by atoms with Crippen molar-refractivity contribution in [2.45, 2.75) is 39.8 Å². The lowest BCUT2D eigenvalue weighted by molar-refractivity contribution is -0.139. The van der Waals surface area contributed by atoms with E-state index in [1.54, 1.807) is 29.2 Å². The zero-order chi connectivity index (χ0) is 18.4. The third-order valence-corrected chi connectivity index (χ3v) is 3.90. The minimum Gasteiger partial charge on any atom is -0.484 e. The fourth-order valence-corrected chi connectivity index (χ4v) is 2.49. The maximum Gasteiger partial charge on any atom is 0.261 e. The van der Waals surface area contributed by atoms with Gasteiger partial charge in [-0.05, 0) is 45.4 Å². The van der Waals surface area contributed by atoms with Gasteiger partial charge in [0, 0.05) is 17.6 Å². The number of Topliss-reactive ketones (excluding diaryl/α,β-unsaturated/α-hetero) is 1. The molecular formula is C21H25NO3. The van der Waals surface area contributed by atoms with Crippen molar-refractivity contribution in [3.63, 3.8) is 0 Å². The topological polar surface area (TPSA) is 46.6 Å². The van der Waals surface area contributed by atoms with Gasteiger partial charge in [-0.15, -0.1) is 0 Å². The van der Waals surface area contributed by atoms with Gasteiger partial charge in [0.15, 0.2) is 12.4 Å². The van der Waals surface area contributed by atoms with Gasteiger partial charge in [-0.2, -0.15) is 0 Å². The molecule has 0 aromatic heterocycles. The molecule has 4 nitrogen and oxygen atoms in total. The number of nitrogens with zero attached hydrogens (tertiary/aromatic N) is 1. The maximum atomic E-state index is 12.7. The summed E-state index contributed by atoms with van der Waals surface area (Å²) in [6.45, 7) is 7.98. The van der Waals surface area contributed by atoms with Crippen LogP contribution in [-0.2, 0) is 11.3 Å². The van der Waals surface area contributed by atoms with E-state index in [4.69, 9.17) is 4.74 Å². The third kappa shape index (κ3) is 5.45. The molecule has 0 aliphatic heterocycles. The Morgan fingerprint density at radius 2 is 1.68 bits per heavy atom. The van der Waals surface area contributed by atoms with Crippen LogP contribution in [0.3, 0.4) is 0 Å². The van der Waals surface area contributed by atoms with Gasteiger partial charge in [0.05, 0.1) is 0 Å². The van der Waals surface area contributed by atoms with E-state index < -0.39 is 0 Å². The summed E-state index contributed by atoms with van der Waals surface area (Å²) in [5.74, 6) is 0.399. The van der Waals surface area contributed by atoms with E-state index in [-0.39, 0.29) is 23.8 Å². The molecule has 0 fully saturated rings. The summed E-state index contributed by atoms with van der Waals surface area (Å²) in [7, 11) is 0. The molecule has 2 rings (SSSR count). The zero-order valence-electron chi connectivity index (χ0n) is 15.3. The fourth-order valence-electron chi connectivity index (χ4n) is 2.49. The van der Waals surface area contributed by atoms with Gasteiger partial charge in [-0.1, -0.05) is 42.5 Å². The molecule has 0 spiro atoms. The van der Waals surface area contributed by atoms with Gasteiger partial charge < -0.3 is 9.64 Å². The molecule has 0 saturated carbocycles. The first-order chi connectivity index (χ1) is 11.8. The minimum absolute atomic E-state index is 0.0304. The molecule has 2 aromatic rings. The molecule has 1 amide bonds. The molecule has 0 unspecified atom stereocenters. The average molecular weight is 339 g/mol. The van der Waals surface area contributed by atoms with Crippen molar-refractivity contribution in [3.8, 4) is 5.75 Å². The smallest absolute Gasteiger partial charge is 0.261 e. The lowest BCUT2D eigenvalue weighted by Crippen LogP contribution is -2.47. The summed E-state index contributed by atoms with van der Waals surface area (Å²) in [5.41, 5.74) is 1.32. The van der Waals surface area contributed by atoms with E-state index in [0.717, 1.165) is 5.56 Å². The van der Waals surface area contributed by atoms with Crippen LogP contribution in [-0.4, -0.2) is 28.7 Å². The van der Waals surface area contributed by atoms with Crippen LogP contribution in [0.5, 0.6) is 5.75 Å². The van der Waals surface area contributed by atoms with Crippen LogP contribution in [0.15, 0.2) is 54.6 Å². The van der Waals surface area contributed by atoms with Crippen LogP contribution < -0.4 is 4.74 Å². The van der Waals surface area contributed by atoms with E-state index in [1.807, 2.05) is 51.1 Å². The van der Waals surface area contributed by atoms with Crippen molar-refractivity contribution >= 4 is 11.7 Å². The number of hydrogen-bond acceptors (Lipinski definition) is 3. The highest BCUT2D eigenvalue weighted by molar-refractivity contribution is 5.94. The highest BCUT2D eigenvalue weighted by Gasteiger charge is 2.26. The molecule has 2 aromatic carbocycles. The zero-order valence-corrected chi connectivity index (χ0v) is 15.3. The average Bonchev–Trinajstić information content (AvgIpc) is 2.57. The summed E-state index contributed by atoms with van der Waals surface area (Å²) in [4.78, 5) is 26.0. The molecule has 132 valence electrons. The first-order valence-electron chi connectivity index (χ1n) is 8.35. The number of hydrogen-bond donors (Lipinski definition) is 0. The Bertz CT molecular complexity index is 732. The van der Waals surface area contributed by atoms with E-state index in [1.165, 1.54) is 6.92 Å². The SMILES string of the molecule is CC(=O)c1cccc(OCC(=O)N(Cc2ccccc2)C(C)(C)C)c1. The maximum absolute atomic E-state index is 12.7. The van der Waals surface area contributed by atoms with Crippen LogP contribution in [0, 0.1) is 0 Å². The molecule has 0 N–H and O–H groups in total. The molecule has 25 heavy (non-hydrogen) atoms. The fraction of sp³-hybridized carbons (Fsp3) is 0.333. The van der Waals surface area contributed by atoms with Crippen molar-refractivity contribution in [3.05, 3.63) is 65.7 Å². The Labute approximate surface area is 149 Å². The standard InChI is InChI=1S/C21H25NO3/c1-16(23)18-11-8-12-19(13-18)25-15-20(24)22(21(2,3)4)14-17-9-6-5-7-10-17/h5-13H,14-15H2,1-4H3. The Morgan fingerprint density at radius 1 is 1.00 bits per heavy atom. The highest BCUT2D eigenvalue weighted by atomic mass is 16.5. The Hall–Kier alpha value is -2.62. The first-order valence-corrected chi connectivity index (χ1v) is 8.35. The lowest BCUT2D eigenvalue weighted by Gasteiger charge is -2.35. The summed E-state index contributed by atoms with van der Waals surface area (Å²) < 4.78 is 5.63. The summed E-state index contributed by atoms with van der Waals surface area (Å²) in [6, 6.07) is 16.8. The van der Waals surface area contributed by atoms with E-state index in [2.05, 4.69) is 0 Å². The van der Waals surface area contributed by atoms with Crippen LogP contribution in [0.4, 0.5) is 0 Å². The summed E-state index contributed by atoms with van der Waals surface area (Å²) in [6.07, 6.45) is 0. The number of carbonyl (C=O) groups excluding carboxylic acids is 2. The van der Waals surface area contributed by atoms with Crippen molar-refractivity contribution in [1.29, 1.82) is 0 Å². The van der Waals surface area contributed by atoms with Gasteiger partial charge >= 0.3 is 0 Å². The molecule has 4 heteroatoms. The van der Waals surface area contributed by atoms with Gasteiger partial charge in [0.1, 0.15) is 5.75 Å². The van der Waals surface area contributed by atoms with Crippen LogP contribution in [0.25, 0.3) is 0 Å². The molecule has 0 saturated heterocycles. The monoisotopic (exact) mass is 339 g/mol. The molecule has 0 radical (unpaired) electrons. The number of ketones is 1. The molecule has 0 atom stereocenters. The first kappa shape index (κ1) is 18.7. The van der Waals surface area contributed by atoms with E-state index in [0.29, 0.717) is 17.9 Å². The quantitative estimate of drug-likeness (QED) is 0.745. The largest absolute Gasteiger partial charge is 0.484 e. The predicted octanol–water partition coefficient (Wildman–Crippen LogP) is 4.10. The van der Waals surface area contributed by atoms with Crippen LogP contribution in [0.2, 0.25) is 0 Å². The number of amides is 1. The predicted molar refractivity (Wildman–Crippen MR) is 98.7 cm³/mol. The third-order valence-electron chi connectivity index (χ3n) is 3.90. The molecule has 0 heterocycles. The van der Waals surface area contributed by atoms with Gasteiger partial charge in [0.25, 0.3) is 5.91 Å². The van der Waals surface area contributed by atoms with Crippen molar-refractivity contribution in [1.82, 2.24) is 4.90 Å². The summed E-state index contributed by atoms with van der Waals surface area (Å²) in [5, 5.41) is 0. The van der Waals surface area contributed by atoms with Gasteiger partial charge in [-0.25, -0.2) is 0 Å². The number of ether oxygens (including phenoxy) is 1. The second-order valence-corrected chi connectivity index (χ2v) is 7.01. The van der Waals surface area contributed by atoms with Gasteiger partial charge in [0.2, 0.25) is 0 Å². The molecule has 0 bridgehead atoms. The summed E-state index contributed by atoms with van der Waals surface area (Å²) >= 11 is 0. The Balaban J connectivity index is 2.07. The Kier molecular flexibility index (Phi) is 5.97. The molecule has 0 aliphatic carbocycles. The van der Waals surface area contributed by atoms with Crippen molar-refractivity contribution in [2.24, 2.45) is 0 Å². The second kappa shape index (κ2) is 7.97. The number of rotatable bonds is 6. The van der Waals surface area contributed by atoms with E-state index >= 15 is 0 Å². The van der Waals surface area contributed by atoms with Crippen molar-refractivity contribution < 1.29 is 14.3 Å². The molecule has 0 aliphatic rings.